The standard InChI is InChI=1S/C53H79NO16/c1-13-15-20-24-52(25-21-16-14-2)65-30-35(69-52)29-63-47(59)67-43(41(34-22-18-17-19-23-34)54-46(58)70-48(5,6)7)45(57)66-36-27-51(60)28-37-50(10,44(56)42(62-12)40(32(36)3)49(51,8)9)38(61-11)26-39-53(37,31-64-39)68-33(4)55/h17-19,22-23,35-39,41-43,60H,13-16,20-21,24-31H2,1-12H3,(H,54,58)/t35-,36+,37+,38+,39-,41+,42-,43-,50+,51-,53-/m1/s1. The number of benzene rings is 1. The molecule has 0 radical (unpaired) electrons. The fourth-order valence-corrected chi connectivity index (χ4v) is 11.8. The van der Waals surface area contributed by atoms with Crippen molar-refractivity contribution in [2.45, 2.75) is 205 Å². The van der Waals surface area contributed by atoms with E-state index in [-0.39, 0.29) is 44.9 Å². The molecule has 1 aromatic carbocycles. The van der Waals surface area contributed by atoms with Gasteiger partial charge in [-0.05, 0) is 70.6 Å². The summed E-state index contributed by atoms with van der Waals surface area (Å²) in [5.41, 5.74) is -5.31. The first-order chi connectivity index (χ1) is 32.9. The van der Waals surface area contributed by atoms with E-state index in [9.17, 15) is 19.5 Å². The summed E-state index contributed by atoms with van der Waals surface area (Å²) < 4.78 is 60.6. The van der Waals surface area contributed by atoms with Crippen LogP contribution in [0.15, 0.2) is 41.5 Å². The quantitative estimate of drug-likeness (QED) is 0.0580. The van der Waals surface area contributed by atoms with Gasteiger partial charge in [-0.2, -0.15) is 0 Å². The third-order valence-electron chi connectivity index (χ3n) is 15.6. The number of ketones is 1. The maximum absolute atomic E-state index is 15.4. The second kappa shape index (κ2) is 21.9. The largest absolute Gasteiger partial charge is 0.509 e. The highest BCUT2D eigenvalue weighted by atomic mass is 16.8. The van der Waals surface area contributed by atoms with Gasteiger partial charge in [0.1, 0.15) is 42.7 Å². The van der Waals surface area contributed by atoms with Crippen LogP contribution in [0.2, 0.25) is 0 Å². The number of methoxy groups -OCH3 is 2. The number of carbonyl (C=O) groups is 5. The Balaban J connectivity index is 1.35. The van der Waals surface area contributed by atoms with Crippen molar-refractivity contribution in [3.63, 3.8) is 0 Å². The maximum Gasteiger partial charge on any atom is 0.509 e. The van der Waals surface area contributed by atoms with E-state index in [0.717, 1.165) is 38.5 Å². The van der Waals surface area contributed by atoms with Crippen LogP contribution in [0, 0.1) is 16.7 Å². The molecule has 2 saturated carbocycles. The van der Waals surface area contributed by atoms with Crippen molar-refractivity contribution in [1.29, 1.82) is 0 Å². The molecule has 17 nitrogen and oxygen atoms in total. The van der Waals surface area contributed by atoms with Gasteiger partial charge in [0.25, 0.3) is 0 Å². The zero-order valence-corrected chi connectivity index (χ0v) is 43.5. The summed E-state index contributed by atoms with van der Waals surface area (Å²) in [5, 5.41) is 16.1. The maximum atomic E-state index is 15.4. The van der Waals surface area contributed by atoms with Crippen LogP contribution >= 0.6 is 0 Å². The minimum absolute atomic E-state index is 0.00512. The molecule has 5 aliphatic rings. The van der Waals surface area contributed by atoms with Crippen LogP contribution in [0.5, 0.6) is 0 Å². The van der Waals surface area contributed by atoms with E-state index in [1.54, 1.807) is 65.0 Å². The summed E-state index contributed by atoms with van der Waals surface area (Å²) in [5.74, 6) is -3.66. The lowest BCUT2D eigenvalue weighted by molar-refractivity contribution is -0.329. The van der Waals surface area contributed by atoms with Gasteiger partial charge in [-0.15, -0.1) is 0 Å². The lowest BCUT2D eigenvalue weighted by atomic mass is 9.46. The summed E-state index contributed by atoms with van der Waals surface area (Å²) in [6, 6.07) is 7.05. The molecule has 2 N–H and O–H groups in total. The van der Waals surface area contributed by atoms with Crippen molar-refractivity contribution in [2.24, 2.45) is 16.7 Å². The van der Waals surface area contributed by atoms with Crippen molar-refractivity contribution in [2.75, 3.05) is 34.0 Å². The molecule has 0 aromatic heterocycles. The number of hydrogen-bond donors (Lipinski definition) is 2. The Labute approximate surface area is 413 Å². The van der Waals surface area contributed by atoms with Gasteiger partial charge in [-0.1, -0.05) is 83.7 Å². The Morgan fingerprint density at radius 2 is 1.60 bits per heavy atom. The van der Waals surface area contributed by atoms with E-state index in [1.807, 2.05) is 13.8 Å². The highest BCUT2D eigenvalue weighted by Crippen LogP contribution is 2.64. The minimum Gasteiger partial charge on any atom is -0.455 e. The molecule has 17 heteroatoms. The lowest BCUT2D eigenvalue weighted by Gasteiger charge is -2.66. The number of rotatable bonds is 19. The zero-order valence-electron chi connectivity index (χ0n) is 43.5. The predicted octanol–water partition coefficient (Wildman–Crippen LogP) is 8.17. The number of hydrogen-bond acceptors (Lipinski definition) is 16. The SMILES string of the molecule is CCCCCC1(CCCCC)OC[C@@H](COC(=O)O[C@@H](C(=O)O[C@H]2C[C@@]3(O)C[C@@H]4[C@]5(OC(C)=O)CO[C@@H]5C[C@H](OC)[C@@]4(C)C(=O)[C@H](OC)C(=C2C)C3(C)C)[C@@H](NC(=O)OC(C)(C)C)c2ccccc2)O1. The van der Waals surface area contributed by atoms with Gasteiger partial charge in [0.05, 0.1) is 30.3 Å². The smallest absolute Gasteiger partial charge is 0.455 e. The van der Waals surface area contributed by atoms with E-state index in [4.69, 9.17) is 47.4 Å². The first-order valence-electron chi connectivity index (χ1n) is 25.2. The van der Waals surface area contributed by atoms with Crippen LogP contribution in [-0.4, -0.2) is 128 Å². The van der Waals surface area contributed by atoms with Gasteiger partial charge in [-0.25, -0.2) is 14.4 Å². The molecule has 6 rings (SSSR count). The van der Waals surface area contributed by atoms with Crippen LogP contribution in [-0.2, 0) is 61.8 Å². The van der Waals surface area contributed by atoms with Crippen LogP contribution in [0.25, 0.3) is 0 Å². The molecule has 4 fully saturated rings. The third kappa shape index (κ3) is 11.1. The van der Waals surface area contributed by atoms with E-state index < -0.39 is 106 Å². The molecule has 1 amide bonds. The highest BCUT2D eigenvalue weighted by Gasteiger charge is 2.74. The Morgan fingerprint density at radius 1 is 0.943 bits per heavy atom. The first kappa shape index (κ1) is 55.2. The van der Waals surface area contributed by atoms with Crippen LogP contribution < -0.4 is 5.32 Å². The summed E-state index contributed by atoms with van der Waals surface area (Å²) in [6.07, 6.45) is -1.15. The lowest BCUT2D eigenvalue weighted by Crippen LogP contribution is -2.77. The van der Waals surface area contributed by atoms with Gasteiger partial charge in [0, 0.05) is 58.2 Å². The molecular formula is C53H79NO16. The van der Waals surface area contributed by atoms with Gasteiger partial charge in [0.15, 0.2) is 17.2 Å². The highest BCUT2D eigenvalue weighted by molar-refractivity contribution is 5.93. The predicted molar refractivity (Wildman–Crippen MR) is 254 cm³/mol. The zero-order chi connectivity index (χ0) is 51.5. The van der Waals surface area contributed by atoms with Crippen LogP contribution in [0.4, 0.5) is 9.59 Å². The number of alkyl carbamates (subject to hydrolysis) is 1. The fraction of sp³-hybridized carbons (Fsp3) is 0.755. The van der Waals surface area contributed by atoms with Crippen molar-refractivity contribution in [3.05, 3.63) is 47.0 Å². The summed E-state index contributed by atoms with van der Waals surface area (Å²) in [7, 11) is 2.91. The molecule has 2 bridgehead atoms. The number of nitrogens with one attached hydrogen (secondary N) is 1. The van der Waals surface area contributed by atoms with Crippen molar-refractivity contribution < 1.29 is 76.4 Å². The van der Waals surface area contributed by atoms with Crippen molar-refractivity contribution in [3.8, 4) is 0 Å². The molecular weight excluding hydrogens is 907 g/mol. The van der Waals surface area contributed by atoms with Crippen LogP contribution in [0.3, 0.4) is 0 Å². The second-order valence-corrected chi connectivity index (χ2v) is 21.7. The van der Waals surface area contributed by atoms with E-state index in [2.05, 4.69) is 19.2 Å². The molecule has 2 heterocycles. The number of carbonyl (C=O) groups excluding carboxylic acids is 5. The van der Waals surface area contributed by atoms with Gasteiger partial charge in [-0.3, -0.25) is 9.59 Å². The van der Waals surface area contributed by atoms with E-state index >= 15 is 9.59 Å². The number of amides is 1. The van der Waals surface area contributed by atoms with Gasteiger partial charge >= 0.3 is 24.2 Å². The Morgan fingerprint density at radius 3 is 2.16 bits per heavy atom. The van der Waals surface area contributed by atoms with E-state index in [1.165, 1.54) is 21.1 Å². The molecule has 0 spiro atoms. The molecule has 2 saturated heterocycles. The summed E-state index contributed by atoms with van der Waals surface area (Å²) in [4.78, 5) is 70.8. The minimum atomic E-state index is -1.89. The number of fused-ring (bicyclic) bond motifs is 5. The fourth-order valence-electron chi connectivity index (χ4n) is 11.8. The number of aliphatic hydroxyl groups is 1. The average Bonchev–Trinajstić information content (AvgIpc) is 3.69. The molecule has 2 aliphatic heterocycles. The number of unbranched alkanes of at least 4 members (excludes halogenated alkanes) is 4. The topological polar surface area (TPSA) is 210 Å². The van der Waals surface area contributed by atoms with Crippen molar-refractivity contribution >= 4 is 30.0 Å². The van der Waals surface area contributed by atoms with Gasteiger partial charge < -0.3 is 57.8 Å². The Bertz CT molecular complexity index is 2060. The average molecular weight is 986 g/mol. The molecule has 1 aromatic rings. The normalized spacial score (nSPS) is 31.9. The third-order valence-corrected chi connectivity index (χ3v) is 15.6. The summed E-state index contributed by atoms with van der Waals surface area (Å²) in [6.45, 7) is 17.7. The number of ether oxygens (including phenoxy) is 10. The van der Waals surface area contributed by atoms with Gasteiger partial charge in [0.2, 0.25) is 6.10 Å². The first-order valence-corrected chi connectivity index (χ1v) is 25.2. The van der Waals surface area contributed by atoms with Crippen molar-refractivity contribution in [1.82, 2.24) is 5.32 Å². The number of Topliss-reactive ketones (excluding diaryl/α,β-unsaturated/α-hetero) is 1. The Kier molecular flexibility index (Phi) is 17.3. The molecule has 11 atom stereocenters. The molecule has 70 heavy (non-hydrogen) atoms. The van der Waals surface area contributed by atoms with Crippen LogP contribution in [0.1, 0.15) is 151 Å². The molecule has 3 aliphatic carbocycles. The monoisotopic (exact) mass is 986 g/mol. The van der Waals surface area contributed by atoms with E-state index in [0.29, 0.717) is 29.6 Å². The second-order valence-electron chi connectivity index (χ2n) is 21.7. The Hall–Kier alpha value is -4.13. The number of esters is 2. The summed E-state index contributed by atoms with van der Waals surface area (Å²) >= 11 is 0. The molecule has 392 valence electrons. The molecule has 0 unspecified atom stereocenters.